The van der Waals surface area contributed by atoms with Crippen LogP contribution in [-0.2, 0) is 11.3 Å². The van der Waals surface area contributed by atoms with Crippen molar-refractivity contribution in [3.8, 4) is 0 Å². The average Bonchev–Trinajstić information content (AvgIpc) is 2.94. The zero-order valence-electron chi connectivity index (χ0n) is 12.9. The summed E-state index contributed by atoms with van der Waals surface area (Å²) >= 11 is 0. The Bertz CT molecular complexity index is 497. The van der Waals surface area contributed by atoms with Gasteiger partial charge in [-0.25, -0.2) is 0 Å². The SMILES string of the molecule is CC(C)n1ccc(CN2C3CCC2CC(CC(=O)O)C3)n1. The summed E-state index contributed by atoms with van der Waals surface area (Å²) in [6.45, 7) is 5.19. The Morgan fingerprint density at radius 1 is 1.38 bits per heavy atom. The van der Waals surface area contributed by atoms with Crippen LogP contribution in [0, 0.1) is 5.92 Å². The van der Waals surface area contributed by atoms with Crippen molar-refractivity contribution < 1.29 is 9.90 Å². The molecule has 116 valence electrons. The molecule has 2 atom stereocenters. The monoisotopic (exact) mass is 291 g/mol. The zero-order valence-corrected chi connectivity index (χ0v) is 12.9. The summed E-state index contributed by atoms with van der Waals surface area (Å²) in [5, 5.41) is 13.6. The molecule has 5 heteroatoms. The van der Waals surface area contributed by atoms with Gasteiger partial charge in [0.1, 0.15) is 0 Å². The van der Waals surface area contributed by atoms with E-state index in [1.807, 2.05) is 4.68 Å². The molecule has 2 unspecified atom stereocenters. The van der Waals surface area contributed by atoms with Crippen LogP contribution in [-0.4, -0.2) is 37.8 Å². The Morgan fingerprint density at radius 3 is 2.57 bits per heavy atom. The number of hydrogen-bond donors (Lipinski definition) is 1. The maximum absolute atomic E-state index is 10.9. The molecule has 2 aliphatic heterocycles. The summed E-state index contributed by atoms with van der Waals surface area (Å²) in [5.41, 5.74) is 1.14. The van der Waals surface area contributed by atoms with Crippen molar-refractivity contribution in [3.63, 3.8) is 0 Å². The fraction of sp³-hybridized carbons (Fsp3) is 0.750. The second-order valence-corrected chi connectivity index (χ2v) is 6.87. The summed E-state index contributed by atoms with van der Waals surface area (Å²) in [6.07, 6.45) is 6.89. The van der Waals surface area contributed by atoms with E-state index in [2.05, 4.69) is 36.1 Å². The van der Waals surface area contributed by atoms with E-state index < -0.39 is 5.97 Å². The van der Waals surface area contributed by atoms with Crippen LogP contribution in [0.5, 0.6) is 0 Å². The highest BCUT2D eigenvalue weighted by Crippen LogP contribution is 2.40. The lowest BCUT2D eigenvalue weighted by atomic mass is 9.88. The van der Waals surface area contributed by atoms with Gasteiger partial charge in [-0.2, -0.15) is 5.10 Å². The van der Waals surface area contributed by atoms with E-state index >= 15 is 0 Å². The highest BCUT2D eigenvalue weighted by atomic mass is 16.4. The van der Waals surface area contributed by atoms with E-state index in [9.17, 15) is 4.79 Å². The number of carboxylic acids is 1. The molecular weight excluding hydrogens is 266 g/mol. The largest absolute Gasteiger partial charge is 0.481 e. The van der Waals surface area contributed by atoms with E-state index in [1.165, 1.54) is 12.8 Å². The number of rotatable bonds is 5. The van der Waals surface area contributed by atoms with E-state index in [4.69, 9.17) is 5.11 Å². The summed E-state index contributed by atoms with van der Waals surface area (Å²) < 4.78 is 2.01. The zero-order chi connectivity index (χ0) is 15.0. The number of aromatic nitrogens is 2. The minimum Gasteiger partial charge on any atom is -0.481 e. The summed E-state index contributed by atoms with van der Waals surface area (Å²) in [7, 11) is 0. The fourth-order valence-electron chi connectivity index (χ4n) is 4.00. The Hall–Kier alpha value is -1.36. The van der Waals surface area contributed by atoms with E-state index in [0.717, 1.165) is 25.1 Å². The van der Waals surface area contributed by atoms with Gasteiger partial charge in [-0.15, -0.1) is 0 Å². The first kappa shape index (κ1) is 14.6. The molecule has 0 aromatic carbocycles. The summed E-state index contributed by atoms with van der Waals surface area (Å²) in [4.78, 5) is 13.5. The second kappa shape index (κ2) is 5.79. The van der Waals surface area contributed by atoms with Crippen molar-refractivity contribution in [2.24, 2.45) is 5.92 Å². The number of carbonyl (C=O) groups is 1. The van der Waals surface area contributed by atoms with Crippen LogP contribution in [0.25, 0.3) is 0 Å². The first-order valence-corrected chi connectivity index (χ1v) is 8.04. The molecule has 0 amide bonds. The molecular formula is C16H25N3O2. The summed E-state index contributed by atoms with van der Waals surface area (Å²) in [5.74, 6) is -0.284. The lowest BCUT2D eigenvalue weighted by Gasteiger charge is -2.38. The summed E-state index contributed by atoms with van der Waals surface area (Å²) in [6, 6.07) is 3.62. The van der Waals surface area contributed by atoms with Crippen LogP contribution in [0.15, 0.2) is 12.3 Å². The van der Waals surface area contributed by atoms with Crippen molar-refractivity contribution in [1.82, 2.24) is 14.7 Å². The average molecular weight is 291 g/mol. The highest BCUT2D eigenvalue weighted by molar-refractivity contribution is 5.67. The molecule has 2 saturated heterocycles. The van der Waals surface area contributed by atoms with Gasteiger partial charge in [-0.1, -0.05) is 0 Å². The van der Waals surface area contributed by atoms with Crippen LogP contribution < -0.4 is 0 Å². The molecule has 2 aliphatic rings. The minimum atomic E-state index is -0.650. The number of nitrogens with zero attached hydrogens (tertiary/aromatic N) is 3. The topological polar surface area (TPSA) is 58.4 Å². The van der Waals surface area contributed by atoms with E-state index in [1.54, 1.807) is 0 Å². The Morgan fingerprint density at radius 2 is 2.05 bits per heavy atom. The second-order valence-electron chi connectivity index (χ2n) is 6.87. The molecule has 1 aromatic rings. The first-order valence-electron chi connectivity index (χ1n) is 8.04. The van der Waals surface area contributed by atoms with Gasteiger partial charge < -0.3 is 5.11 Å². The molecule has 1 N–H and O–H groups in total. The van der Waals surface area contributed by atoms with Crippen LogP contribution >= 0.6 is 0 Å². The lowest BCUT2D eigenvalue weighted by Crippen LogP contribution is -2.42. The van der Waals surface area contributed by atoms with Crippen molar-refractivity contribution in [1.29, 1.82) is 0 Å². The molecule has 2 fully saturated rings. The van der Waals surface area contributed by atoms with Gasteiger partial charge in [-0.3, -0.25) is 14.4 Å². The maximum Gasteiger partial charge on any atom is 0.303 e. The van der Waals surface area contributed by atoms with Crippen LogP contribution in [0.1, 0.15) is 57.7 Å². The van der Waals surface area contributed by atoms with E-state index in [0.29, 0.717) is 30.5 Å². The molecule has 0 radical (unpaired) electrons. The van der Waals surface area contributed by atoms with Gasteiger partial charge >= 0.3 is 5.97 Å². The number of aliphatic carboxylic acids is 1. The Balaban J connectivity index is 1.63. The third-order valence-electron chi connectivity index (χ3n) is 4.98. The number of carboxylic acid groups (broad SMARTS) is 1. The van der Waals surface area contributed by atoms with Gasteiger partial charge in [0.25, 0.3) is 0 Å². The van der Waals surface area contributed by atoms with E-state index in [-0.39, 0.29) is 0 Å². The first-order chi connectivity index (χ1) is 10.0. The molecule has 1 aromatic heterocycles. The standard InChI is InChI=1S/C16H25N3O2/c1-11(2)19-6-5-13(17-19)10-18-14-3-4-15(18)8-12(7-14)9-16(20)21/h5-6,11-12,14-15H,3-4,7-10H2,1-2H3,(H,20,21). The molecule has 0 spiro atoms. The van der Waals surface area contributed by atoms with Crippen molar-refractivity contribution in [2.75, 3.05) is 0 Å². The van der Waals surface area contributed by atoms with Gasteiger partial charge in [0, 0.05) is 37.3 Å². The number of hydrogen-bond acceptors (Lipinski definition) is 3. The minimum absolute atomic E-state index is 0.336. The molecule has 0 saturated carbocycles. The molecule has 0 aliphatic carbocycles. The van der Waals surface area contributed by atoms with Gasteiger partial charge in [-0.05, 0) is 51.5 Å². The fourth-order valence-corrected chi connectivity index (χ4v) is 4.00. The van der Waals surface area contributed by atoms with Gasteiger partial charge in [0.2, 0.25) is 0 Å². The predicted octanol–water partition coefficient (Wildman–Crippen LogP) is 2.68. The molecule has 2 bridgehead atoms. The normalized spacial score (nSPS) is 29.2. The highest BCUT2D eigenvalue weighted by Gasteiger charge is 2.41. The third-order valence-corrected chi connectivity index (χ3v) is 4.98. The van der Waals surface area contributed by atoms with Crippen LogP contribution in [0.3, 0.4) is 0 Å². The number of piperidine rings is 1. The maximum atomic E-state index is 10.9. The third kappa shape index (κ3) is 3.12. The van der Waals surface area contributed by atoms with Gasteiger partial charge in [0.15, 0.2) is 0 Å². The molecule has 3 heterocycles. The van der Waals surface area contributed by atoms with Crippen molar-refractivity contribution >= 4 is 5.97 Å². The molecule has 3 rings (SSSR count). The van der Waals surface area contributed by atoms with Crippen molar-refractivity contribution in [2.45, 2.75) is 70.6 Å². The Labute approximate surface area is 125 Å². The van der Waals surface area contributed by atoms with Gasteiger partial charge in [0.05, 0.1) is 5.69 Å². The van der Waals surface area contributed by atoms with Crippen molar-refractivity contribution in [3.05, 3.63) is 18.0 Å². The number of fused-ring (bicyclic) bond motifs is 2. The quantitative estimate of drug-likeness (QED) is 0.906. The molecule has 21 heavy (non-hydrogen) atoms. The van der Waals surface area contributed by atoms with Crippen LogP contribution in [0.2, 0.25) is 0 Å². The van der Waals surface area contributed by atoms with Crippen LogP contribution in [0.4, 0.5) is 0 Å². The Kier molecular flexibility index (Phi) is 4.02. The smallest absolute Gasteiger partial charge is 0.303 e. The predicted molar refractivity (Wildman–Crippen MR) is 79.9 cm³/mol. The lowest BCUT2D eigenvalue weighted by molar-refractivity contribution is -0.138. The molecule has 5 nitrogen and oxygen atoms in total.